The molecule has 1 heterocycles. The quantitative estimate of drug-likeness (QED) is 0.679. The number of amides is 1. The molecule has 3 rings (SSSR count). The third kappa shape index (κ3) is 4.57. The van der Waals surface area contributed by atoms with Crippen molar-refractivity contribution in [3.05, 3.63) is 76.5 Å². The number of hydrogen-bond acceptors (Lipinski definition) is 4. The van der Waals surface area contributed by atoms with Gasteiger partial charge in [-0.15, -0.1) is 11.3 Å². The van der Waals surface area contributed by atoms with Gasteiger partial charge in [-0.1, -0.05) is 42.5 Å². The van der Waals surface area contributed by atoms with Crippen LogP contribution in [0.5, 0.6) is 0 Å². The number of aryl methyl sites for hydroxylation is 1. The van der Waals surface area contributed by atoms with Crippen molar-refractivity contribution in [3.8, 4) is 10.6 Å². The van der Waals surface area contributed by atoms with Crippen LogP contribution in [0.2, 0.25) is 0 Å². The maximum Gasteiger partial charge on any atom is 0.326 e. The number of aromatic nitrogens is 1. The fraction of sp³-hybridized carbons (Fsp3) is 0.150. The number of nitrogens with one attached hydrogen (secondary N) is 1. The zero-order valence-electron chi connectivity index (χ0n) is 14.5. The zero-order valence-corrected chi connectivity index (χ0v) is 15.3. The summed E-state index contributed by atoms with van der Waals surface area (Å²) in [6.07, 6.45) is 0.177. The van der Waals surface area contributed by atoms with Crippen LogP contribution in [0.15, 0.2) is 54.6 Å². The Morgan fingerprint density at radius 1 is 1.19 bits per heavy atom. The Morgan fingerprint density at radius 2 is 1.93 bits per heavy atom. The molecule has 0 aliphatic rings. The second kappa shape index (κ2) is 8.09. The van der Waals surface area contributed by atoms with Crippen LogP contribution in [-0.2, 0) is 11.2 Å². The summed E-state index contributed by atoms with van der Waals surface area (Å²) in [6, 6.07) is 14.0. The molecule has 0 fully saturated rings. The predicted molar refractivity (Wildman–Crippen MR) is 101 cm³/mol. The summed E-state index contributed by atoms with van der Waals surface area (Å²) >= 11 is 1.11. The summed E-state index contributed by atoms with van der Waals surface area (Å²) in [5.74, 6) is -2.00. The van der Waals surface area contributed by atoms with Gasteiger partial charge in [-0.2, -0.15) is 0 Å². The molecule has 27 heavy (non-hydrogen) atoms. The molecule has 0 aliphatic carbocycles. The van der Waals surface area contributed by atoms with Gasteiger partial charge in [0.2, 0.25) is 0 Å². The molecule has 5 nitrogen and oxygen atoms in total. The molecule has 1 atom stereocenters. The van der Waals surface area contributed by atoms with Crippen molar-refractivity contribution in [1.82, 2.24) is 10.3 Å². The first-order valence-electron chi connectivity index (χ1n) is 8.25. The molecule has 0 bridgehead atoms. The Labute approximate surface area is 159 Å². The molecule has 0 spiro atoms. The molecule has 3 aromatic rings. The van der Waals surface area contributed by atoms with Crippen LogP contribution in [0, 0.1) is 12.7 Å². The van der Waals surface area contributed by atoms with Gasteiger partial charge in [-0.3, -0.25) is 4.79 Å². The highest BCUT2D eigenvalue weighted by atomic mass is 32.1. The topological polar surface area (TPSA) is 79.3 Å². The third-order valence-corrected chi connectivity index (χ3v) is 5.17. The molecule has 2 aromatic carbocycles. The van der Waals surface area contributed by atoms with E-state index in [2.05, 4.69) is 10.3 Å². The number of carbonyl (C=O) groups is 2. The molecule has 138 valence electrons. The predicted octanol–water partition coefficient (Wildman–Crippen LogP) is 3.68. The van der Waals surface area contributed by atoms with E-state index in [1.807, 2.05) is 30.3 Å². The maximum absolute atomic E-state index is 13.4. The SMILES string of the molecule is Cc1nc(-c2cccc(F)c2)sc1C(=O)N[C@@H](Cc1ccccc1)C(=O)O. The van der Waals surface area contributed by atoms with Crippen molar-refractivity contribution < 1.29 is 19.1 Å². The molecule has 1 amide bonds. The van der Waals surface area contributed by atoms with Crippen molar-refractivity contribution >= 4 is 23.2 Å². The Bertz CT molecular complexity index is 972. The molecule has 7 heteroatoms. The van der Waals surface area contributed by atoms with E-state index < -0.39 is 17.9 Å². The lowest BCUT2D eigenvalue weighted by molar-refractivity contribution is -0.139. The maximum atomic E-state index is 13.4. The van der Waals surface area contributed by atoms with Gasteiger partial charge in [-0.05, 0) is 24.6 Å². The van der Waals surface area contributed by atoms with Crippen LogP contribution in [0.1, 0.15) is 20.9 Å². The second-order valence-corrected chi connectivity index (χ2v) is 7.00. The van der Waals surface area contributed by atoms with Crippen LogP contribution >= 0.6 is 11.3 Å². The van der Waals surface area contributed by atoms with E-state index in [0.717, 1.165) is 16.9 Å². The minimum absolute atomic E-state index is 0.177. The first-order chi connectivity index (χ1) is 12.9. The fourth-order valence-electron chi connectivity index (χ4n) is 2.63. The standard InChI is InChI=1S/C20H17FN2O3S/c1-12-17(27-19(22-12)14-8-5-9-15(21)11-14)18(24)23-16(20(25)26)10-13-6-3-2-4-7-13/h2-9,11,16H,10H2,1H3,(H,23,24)(H,25,26)/t16-/m0/s1. The first kappa shape index (κ1) is 18.7. The molecule has 1 aromatic heterocycles. The molecule has 0 saturated carbocycles. The van der Waals surface area contributed by atoms with Crippen LogP contribution in [0.3, 0.4) is 0 Å². The van der Waals surface area contributed by atoms with Crippen molar-refractivity contribution in [2.24, 2.45) is 0 Å². The molecular formula is C20H17FN2O3S. The average Bonchev–Trinajstić information content (AvgIpc) is 3.04. The van der Waals surface area contributed by atoms with Crippen LogP contribution in [0.4, 0.5) is 4.39 Å². The van der Waals surface area contributed by atoms with Gasteiger partial charge in [0, 0.05) is 12.0 Å². The van der Waals surface area contributed by atoms with Crippen molar-refractivity contribution in [2.75, 3.05) is 0 Å². The zero-order chi connectivity index (χ0) is 19.4. The Morgan fingerprint density at radius 3 is 2.59 bits per heavy atom. The Kier molecular flexibility index (Phi) is 5.61. The summed E-state index contributed by atoms with van der Waals surface area (Å²) in [5, 5.41) is 12.5. The third-order valence-electron chi connectivity index (χ3n) is 3.96. The van der Waals surface area contributed by atoms with Crippen molar-refractivity contribution in [3.63, 3.8) is 0 Å². The van der Waals surface area contributed by atoms with Gasteiger partial charge >= 0.3 is 5.97 Å². The number of halogens is 1. The highest BCUT2D eigenvalue weighted by Gasteiger charge is 2.24. The van der Waals surface area contributed by atoms with Crippen LogP contribution in [-0.4, -0.2) is 28.0 Å². The van der Waals surface area contributed by atoms with Crippen molar-refractivity contribution in [1.29, 1.82) is 0 Å². The summed E-state index contributed by atoms with van der Waals surface area (Å²) in [6.45, 7) is 1.67. The largest absolute Gasteiger partial charge is 0.480 e. The van der Waals surface area contributed by atoms with E-state index in [1.165, 1.54) is 12.1 Å². The number of benzene rings is 2. The summed E-state index contributed by atoms with van der Waals surface area (Å²) in [5.41, 5.74) is 1.86. The van der Waals surface area contributed by atoms with E-state index in [-0.39, 0.29) is 12.2 Å². The number of rotatable bonds is 6. The Balaban J connectivity index is 1.79. The van der Waals surface area contributed by atoms with Gasteiger partial charge in [0.05, 0.1) is 5.69 Å². The number of carboxylic acid groups (broad SMARTS) is 1. The number of nitrogens with zero attached hydrogens (tertiary/aromatic N) is 1. The first-order valence-corrected chi connectivity index (χ1v) is 9.06. The van der Waals surface area contributed by atoms with E-state index in [1.54, 1.807) is 19.1 Å². The molecule has 0 unspecified atom stereocenters. The van der Waals surface area contributed by atoms with E-state index in [0.29, 0.717) is 21.1 Å². The van der Waals surface area contributed by atoms with Gasteiger partial charge in [0.1, 0.15) is 21.7 Å². The fourth-order valence-corrected chi connectivity index (χ4v) is 3.59. The molecular weight excluding hydrogens is 367 g/mol. The minimum Gasteiger partial charge on any atom is -0.480 e. The van der Waals surface area contributed by atoms with E-state index in [4.69, 9.17) is 0 Å². The van der Waals surface area contributed by atoms with Crippen LogP contribution < -0.4 is 5.32 Å². The second-order valence-electron chi connectivity index (χ2n) is 6.00. The number of aliphatic carboxylic acids is 1. The monoisotopic (exact) mass is 384 g/mol. The summed E-state index contributed by atoms with van der Waals surface area (Å²) in [4.78, 5) is 28.8. The molecule has 0 saturated heterocycles. The Hall–Kier alpha value is -3.06. The van der Waals surface area contributed by atoms with Gasteiger partial charge < -0.3 is 10.4 Å². The van der Waals surface area contributed by atoms with Gasteiger partial charge in [0.25, 0.3) is 5.91 Å². The van der Waals surface area contributed by atoms with Crippen molar-refractivity contribution in [2.45, 2.75) is 19.4 Å². The minimum atomic E-state index is -1.11. The van der Waals surface area contributed by atoms with Gasteiger partial charge in [-0.25, -0.2) is 14.2 Å². The summed E-state index contributed by atoms with van der Waals surface area (Å²) in [7, 11) is 0. The van der Waals surface area contributed by atoms with E-state index >= 15 is 0 Å². The lowest BCUT2D eigenvalue weighted by atomic mass is 10.1. The molecule has 0 radical (unpaired) electrons. The number of carbonyl (C=O) groups excluding carboxylic acids is 1. The molecule has 0 aliphatic heterocycles. The molecule has 2 N–H and O–H groups in total. The van der Waals surface area contributed by atoms with E-state index in [9.17, 15) is 19.1 Å². The highest BCUT2D eigenvalue weighted by molar-refractivity contribution is 7.17. The van der Waals surface area contributed by atoms with Gasteiger partial charge in [0.15, 0.2) is 0 Å². The normalized spacial score (nSPS) is 11.8. The number of hydrogen-bond donors (Lipinski definition) is 2. The number of thiazole rings is 1. The average molecular weight is 384 g/mol. The van der Waals surface area contributed by atoms with Crippen LogP contribution in [0.25, 0.3) is 10.6 Å². The highest BCUT2D eigenvalue weighted by Crippen LogP contribution is 2.28. The summed E-state index contributed by atoms with van der Waals surface area (Å²) < 4.78 is 13.4. The lowest BCUT2D eigenvalue weighted by Crippen LogP contribution is -2.42. The lowest BCUT2D eigenvalue weighted by Gasteiger charge is -2.14. The number of carboxylic acids is 1. The smallest absolute Gasteiger partial charge is 0.326 e.